The number of aromatic hydroxyl groups is 1. The van der Waals surface area contributed by atoms with Gasteiger partial charge in [-0.3, -0.25) is 20.4 Å². The van der Waals surface area contributed by atoms with Crippen LogP contribution in [0.5, 0.6) is 5.75 Å². The highest BCUT2D eigenvalue weighted by Gasteiger charge is 2.21. The quantitative estimate of drug-likeness (QED) is 0.173. The first kappa shape index (κ1) is 21.9. The number of hydrogen-bond acceptors (Lipinski definition) is 8. The predicted octanol–water partition coefficient (Wildman–Crippen LogP) is 3.98. The number of carbonyl (C=O) groups excluding carboxylic acids is 2. The van der Waals surface area contributed by atoms with Gasteiger partial charge in [0.15, 0.2) is 11.4 Å². The Morgan fingerprint density at radius 1 is 1.03 bits per heavy atom. The van der Waals surface area contributed by atoms with Crippen molar-refractivity contribution >= 4 is 51.0 Å². The number of phenols is 1. The summed E-state index contributed by atoms with van der Waals surface area (Å²) in [6.45, 7) is 0. The molecular formula is C24H19N7O3S. The molecule has 0 unspecified atom stereocenters. The summed E-state index contributed by atoms with van der Waals surface area (Å²) in [6.07, 6.45) is 3.01. The summed E-state index contributed by atoms with van der Waals surface area (Å²) in [7, 11) is 0. The number of aromatic nitrogens is 3. The molecule has 2 aromatic heterocycles. The molecule has 2 amide bonds. The van der Waals surface area contributed by atoms with Crippen LogP contribution in [0.4, 0.5) is 17.1 Å². The average molecular weight is 486 g/mol. The maximum Gasteiger partial charge on any atom is 0.269 e. The minimum Gasteiger partial charge on any atom is -0.505 e. The zero-order chi connectivity index (χ0) is 24.4. The lowest BCUT2D eigenvalue weighted by Gasteiger charge is -2.16. The number of para-hydroxylation sites is 1. The minimum absolute atomic E-state index is 0.0745. The molecule has 0 aliphatic carbocycles. The molecule has 0 spiro atoms. The number of hydrazine groups is 1. The van der Waals surface area contributed by atoms with Crippen molar-refractivity contribution in [2.75, 3.05) is 16.2 Å². The highest BCUT2D eigenvalue weighted by atomic mass is 32.1. The van der Waals surface area contributed by atoms with Crippen molar-refractivity contribution in [1.29, 1.82) is 0 Å². The van der Waals surface area contributed by atoms with Crippen molar-refractivity contribution in [2.24, 2.45) is 5.73 Å². The molecule has 2 heterocycles. The van der Waals surface area contributed by atoms with Crippen molar-refractivity contribution in [3.63, 3.8) is 0 Å². The molecule has 5 rings (SSSR count). The third-order valence-electron chi connectivity index (χ3n) is 5.22. The first-order valence-electron chi connectivity index (χ1n) is 10.4. The van der Waals surface area contributed by atoms with Crippen molar-refractivity contribution in [3.05, 3.63) is 89.7 Å². The maximum absolute atomic E-state index is 13.0. The van der Waals surface area contributed by atoms with Crippen LogP contribution in [0, 0.1) is 0 Å². The normalized spacial score (nSPS) is 10.7. The molecule has 0 fully saturated rings. The summed E-state index contributed by atoms with van der Waals surface area (Å²) in [4.78, 5) is 29.3. The van der Waals surface area contributed by atoms with E-state index in [0.717, 1.165) is 5.39 Å². The number of benzene rings is 3. The second kappa shape index (κ2) is 9.15. The minimum atomic E-state index is -0.716. The lowest BCUT2D eigenvalue weighted by molar-refractivity contribution is 0.0991. The molecule has 5 aromatic rings. The summed E-state index contributed by atoms with van der Waals surface area (Å²) in [5.41, 5.74) is 12.7. The Bertz CT molecular complexity index is 1530. The summed E-state index contributed by atoms with van der Waals surface area (Å²) in [5, 5.41) is 21.7. The molecule has 11 heteroatoms. The summed E-state index contributed by atoms with van der Waals surface area (Å²) in [6, 6.07) is 17.8. The Morgan fingerprint density at radius 3 is 2.54 bits per heavy atom. The molecule has 3 aromatic carbocycles. The molecule has 0 saturated heterocycles. The molecular weight excluding hydrogens is 466 g/mol. The maximum atomic E-state index is 13.0. The van der Waals surface area contributed by atoms with Crippen LogP contribution in [0.2, 0.25) is 0 Å². The SMILES string of the molecule is NC(=O)c1c(NNc2c(O)c(C(=O)Nc3ccccc3)cc3ccccc23)cnn1-c1nccs1. The van der Waals surface area contributed by atoms with Gasteiger partial charge in [-0.1, -0.05) is 42.5 Å². The fraction of sp³-hybridized carbons (Fsp3) is 0. The number of rotatable bonds is 7. The van der Waals surface area contributed by atoms with Gasteiger partial charge in [0, 0.05) is 22.7 Å². The average Bonchev–Trinajstić information content (AvgIpc) is 3.54. The number of amides is 2. The standard InChI is InChI=1S/C24H19N7O3S/c25-22(33)20-18(13-27-31(20)24-26-10-11-35-24)29-30-19-16-9-5-4-6-14(16)12-17(21(19)32)23(34)28-15-7-2-1-3-8-15/h1-13,29-30,32H,(H2,25,33)(H,28,34). The van der Waals surface area contributed by atoms with Gasteiger partial charge in [-0.25, -0.2) is 4.98 Å². The van der Waals surface area contributed by atoms with E-state index in [2.05, 4.69) is 26.3 Å². The van der Waals surface area contributed by atoms with Crippen LogP contribution < -0.4 is 21.9 Å². The van der Waals surface area contributed by atoms with Gasteiger partial charge in [-0.15, -0.1) is 11.3 Å². The van der Waals surface area contributed by atoms with Gasteiger partial charge in [0.1, 0.15) is 11.4 Å². The van der Waals surface area contributed by atoms with E-state index in [9.17, 15) is 14.7 Å². The number of thiazole rings is 1. The molecule has 0 radical (unpaired) electrons. The third kappa shape index (κ3) is 4.23. The van der Waals surface area contributed by atoms with E-state index in [4.69, 9.17) is 5.73 Å². The van der Waals surface area contributed by atoms with Gasteiger partial charge in [0.05, 0.1) is 11.8 Å². The van der Waals surface area contributed by atoms with E-state index >= 15 is 0 Å². The number of fused-ring (bicyclic) bond motifs is 1. The number of nitrogens with one attached hydrogen (secondary N) is 3. The molecule has 0 bridgehead atoms. The second-order valence-corrected chi connectivity index (χ2v) is 8.31. The molecule has 0 saturated carbocycles. The van der Waals surface area contributed by atoms with E-state index in [1.807, 2.05) is 24.3 Å². The van der Waals surface area contributed by atoms with Crippen LogP contribution >= 0.6 is 11.3 Å². The zero-order valence-corrected chi connectivity index (χ0v) is 18.9. The topological polar surface area (TPSA) is 147 Å². The predicted molar refractivity (Wildman–Crippen MR) is 135 cm³/mol. The number of carbonyl (C=O) groups is 2. The van der Waals surface area contributed by atoms with Gasteiger partial charge in [-0.05, 0) is 23.6 Å². The van der Waals surface area contributed by atoms with Gasteiger partial charge in [0.2, 0.25) is 5.13 Å². The highest BCUT2D eigenvalue weighted by molar-refractivity contribution is 7.12. The van der Waals surface area contributed by atoms with E-state index in [1.54, 1.807) is 48.0 Å². The van der Waals surface area contributed by atoms with Crippen molar-refractivity contribution in [3.8, 4) is 10.9 Å². The van der Waals surface area contributed by atoms with Crippen LogP contribution in [-0.4, -0.2) is 31.7 Å². The molecule has 0 aliphatic heterocycles. The fourth-order valence-corrected chi connectivity index (χ4v) is 4.23. The third-order valence-corrected chi connectivity index (χ3v) is 5.97. The van der Waals surface area contributed by atoms with Crippen molar-refractivity contribution in [2.45, 2.75) is 0 Å². The van der Waals surface area contributed by atoms with Gasteiger partial charge >= 0.3 is 0 Å². The largest absolute Gasteiger partial charge is 0.505 e. The number of nitrogens with zero attached hydrogens (tertiary/aromatic N) is 3. The molecule has 0 atom stereocenters. The molecule has 174 valence electrons. The second-order valence-electron chi connectivity index (χ2n) is 7.44. The number of anilines is 3. The Balaban J connectivity index is 1.51. The smallest absolute Gasteiger partial charge is 0.269 e. The number of primary amides is 1. The van der Waals surface area contributed by atoms with E-state index in [0.29, 0.717) is 16.2 Å². The summed E-state index contributed by atoms with van der Waals surface area (Å²) < 4.78 is 1.33. The summed E-state index contributed by atoms with van der Waals surface area (Å²) in [5.74, 6) is -1.46. The Labute approximate surface area is 203 Å². The first-order valence-corrected chi connectivity index (χ1v) is 11.3. The van der Waals surface area contributed by atoms with Crippen LogP contribution in [-0.2, 0) is 0 Å². The number of nitrogens with two attached hydrogens (primary N) is 1. The highest BCUT2D eigenvalue weighted by Crippen LogP contribution is 2.37. The lowest BCUT2D eigenvalue weighted by atomic mass is 10.0. The van der Waals surface area contributed by atoms with E-state index in [-0.39, 0.29) is 28.4 Å². The molecule has 0 aliphatic rings. The van der Waals surface area contributed by atoms with Gasteiger partial charge < -0.3 is 16.2 Å². The first-order chi connectivity index (χ1) is 17.0. The van der Waals surface area contributed by atoms with Crippen LogP contribution in [0.15, 0.2) is 78.4 Å². The monoisotopic (exact) mass is 485 g/mol. The van der Waals surface area contributed by atoms with Crippen LogP contribution in [0.25, 0.3) is 15.9 Å². The Kier molecular flexibility index (Phi) is 5.73. The summed E-state index contributed by atoms with van der Waals surface area (Å²) >= 11 is 1.29. The van der Waals surface area contributed by atoms with Crippen LogP contribution in [0.1, 0.15) is 20.8 Å². The van der Waals surface area contributed by atoms with Gasteiger partial charge in [-0.2, -0.15) is 9.78 Å². The fourth-order valence-electron chi connectivity index (χ4n) is 3.63. The molecule has 6 N–H and O–H groups in total. The number of hydrogen-bond donors (Lipinski definition) is 5. The number of phenolic OH excluding ortho intramolecular Hbond substituents is 1. The Hall–Kier alpha value is -4.90. The van der Waals surface area contributed by atoms with Crippen LogP contribution in [0.3, 0.4) is 0 Å². The molecule has 35 heavy (non-hydrogen) atoms. The zero-order valence-electron chi connectivity index (χ0n) is 18.1. The Morgan fingerprint density at radius 2 is 1.80 bits per heavy atom. The van der Waals surface area contributed by atoms with Crippen molar-refractivity contribution < 1.29 is 14.7 Å². The van der Waals surface area contributed by atoms with Crippen molar-refractivity contribution in [1.82, 2.24) is 14.8 Å². The van der Waals surface area contributed by atoms with Gasteiger partial charge in [0.25, 0.3) is 11.8 Å². The van der Waals surface area contributed by atoms with E-state index in [1.165, 1.54) is 22.2 Å². The lowest BCUT2D eigenvalue weighted by Crippen LogP contribution is -2.20. The van der Waals surface area contributed by atoms with E-state index < -0.39 is 11.8 Å². The molecule has 10 nitrogen and oxygen atoms in total.